The predicted octanol–water partition coefficient (Wildman–Crippen LogP) is 1.77. The first-order chi connectivity index (χ1) is 9.31. The largest absolute Gasteiger partial charge is 0.370 e. The van der Waals surface area contributed by atoms with E-state index in [0.29, 0.717) is 5.96 Å². The van der Waals surface area contributed by atoms with Gasteiger partial charge in [0, 0.05) is 44.3 Å². The molecular formula is C13H23N5S. The Balaban J connectivity index is 1.76. The second-order valence-corrected chi connectivity index (χ2v) is 5.61. The summed E-state index contributed by atoms with van der Waals surface area (Å²) in [5.74, 6) is 0.704. The maximum Gasteiger partial charge on any atom is 0.191 e. The lowest BCUT2D eigenvalue weighted by Crippen LogP contribution is -2.51. The van der Waals surface area contributed by atoms with E-state index in [2.05, 4.69) is 26.7 Å². The summed E-state index contributed by atoms with van der Waals surface area (Å²) in [6.07, 6.45) is 5.45. The quantitative estimate of drug-likeness (QED) is 0.508. The number of hydrogen-bond donors (Lipinski definition) is 1. The minimum atomic E-state index is 0.704. The Bertz CT molecular complexity index is 382. The first-order valence-corrected chi connectivity index (χ1v) is 7.88. The van der Waals surface area contributed by atoms with Crippen LogP contribution in [-0.2, 0) is 0 Å². The summed E-state index contributed by atoms with van der Waals surface area (Å²) in [5, 5.41) is 3.13. The average Bonchev–Trinajstić information content (AvgIpc) is 2.98. The van der Waals surface area contributed by atoms with Gasteiger partial charge in [-0.2, -0.15) is 0 Å². The first-order valence-electron chi connectivity index (χ1n) is 7.00. The number of guanidine groups is 1. The normalized spacial score (nSPS) is 17.0. The van der Waals surface area contributed by atoms with E-state index in [-0.39, 0.29) is 0 Å². The minimum absolute atomic E-state index is 0.704. The molecule has 1 aliphatic heterocycles. The molecule has 2 rings (SSSR count). The molecule has 1 saturated heterocycles. The van der Waals surface area contributed by atoms with Gasteiger partial charge in [0.05, 0.1) is 0 Å². The summed E-state index contributed by atoms with van der Waals surface area (Å²) in [7, 11) is 0. The van der Waals surface area contributed by atoms with E-state index in [1.807, 2.05) is 11.6 Å². The van der Waals surface area contributed by atoms with Gasteiger partial charge in [-0.1, -0.05) is 19.8 Å². The molecule has 1 aliphatic rings. The second-order valence-electron chi connectivity index (χ2n) is 4.74. The Morgan fingerprint density at radius 1 is 1.37 bits per heavy atom. The molecule has 0 aromatic carbocycles. The van der Waals surface area contributed by atoms with Crippen molar-refractivity contribution in [3.63, 3.8) is 0 Å². The van der Waals surface area contributed by atoms with Gasteiger partial charge in [0.25, 0.3) is 0 Å². The highest BCUT2D eigenvalue weighted by molar-refractivity contribution is 7.13. The summed E-state index contributed by atoms with van der Waals surface area (Å²) < 4.78 is 0. The molecule has 106 valence electrons. The highest BCUT2D eigenvalue weighted by Crippen LogP contribution is 2.18. The molecule has 0 bridgehead atoms. The summed E-state index contributed by atoms with van der Waals surface area (Å²) in [4.78, 5) is 13.3. The summed E-state index contributed by atoms with van der Waals surface area (Å²) in [5.41, 5.74) is 6.04. The number of rotatable bonds is 5. The molecule has 0 amide bonds. The van der Waals surface area contributed by atoms with E-state index in [1.54, 1.807) is 11.3 Å². The van der Waals surface area contributed by atoms with Crippen molar-refractivity contribution in [3.05, 3.63) is 11.6 Å². The van der Waals surface area contributed by atoms with E-state index in [9.17, 15) is 0 Å². The SMILES string of the molecule is CCCCCN=C(N)N1CCN(c2nccs2)CC1. The molecule has 1 fully saturated rings. The predicted molar refractivity (Wildman–Crippen MR) is 81.9 cm³/mol. The number of nitrogens with zero attached hydrogens (tertiary/aromatic N) is 4. The van der Waals surface area contributed by atoms with Crippen LogP contribution in [0.15, 0.2) is 16.6 Å². The van der Waals surface area contributed by atoms with Crippen LogP contribution in [0.5, 0.6) is 0 Å². The van der Waals surface area contributed by atoms with Gasteiger partial charge in [0.2, 0.25) is 0 Å². The van der Waals surface area contributed by atoms with Crippen LogP contribution in [-0.4, -0.2) is 48.6 Å². The van der Waals surface area contributed by atoms with Crippen LogP contribution in [0.2, 0.25) is 0 Å². The van der Waals surface area contributed by atoms with Crippen molar-refractivity contribution in [2.75, 3.05) is 37.6 Å². The molecule has 0 radical (unpaired) electrons. The Kier molecular flexibility index (Phi) is 5.44. The van der Waals surface area contributed by atoms with Gasteiger partial charge in [-0.3, -0.25) is 4.99 Å². The van der Waals surface area contributed by atoms with Crippen LogP contribution in [0.25, 0.3) is 0 Å². The van der Waals surface area contributed by atoms with Gasteiger partial charge < -0.3 is 15.5 Å². The average molecular weight is 281 g/mol. The first kappa shape index (κ1) is 14.1. The number of aliphatic imine (C=N–C) groups is 1. The van der Waals surface area contributed by atoms with Crippen molar-refractivity contribution in [1.29, 1.82) is 0 Å². The minimum Gasteiger partial charge on any atom is -0.370 e. The van der Waals surface area contributed by atoms with Crippen LogP contribution in [0.1, 0.15) is 26.2 Å². The molecule has 0 spiro atoms. The molecule has 1 aromatic heterocycles. The monoisotopic (exact) mass is 281 g/mol. The van der Waals surface area contributed by atoms with Crippen LogP contribution < -0.4 is 10.6 Å². The van der Waals surface area contributed by atoms with Crippen molar-refractivity contribution in [3.8, 4) is 0 Å². The summed E-state index contributed by atoms with van der Waals surface area (Å²) in [6.45, 7) is 6.86. The lowest BCUT2D eigenvalue weighted by Gasteiger charge is -2.35. The third-order valence-electron chi connectivity index (χ3n) is 3.33. The van der Waals surface area contributed by atoms with E-state index in [0.717, 1.165) is 44.3 Å². The molecule has 6 heteroatoms. The van der Waals surface area contributed by atoms with Crippen LogP contribution in [0.4, 0.5) is 5.13 Å². The Hall–Kier alpha value is -1.30. The molecule has 0 saturated carbocycles. The van der Waals surface area contributed by atoms with Gasteiger partial charge in [0.1, 0.15) is 0 Å². The van der Waals surface area contributed by atoms with Crippen LogP contribution in [0.3, 0.4) is 0 Å². The van der Waals surface area contributed by atoms with Gasteiger partial charge in [0.15, 0.2) is 11.1 Å². The van der Waals surface area contributed by atoms with Crippen molar-refractivity contribution in [1.82, 2.24) is 9.88 Å². The Labute approximate surface area is 119 Å². The zero-order valence-corrected chi connectivity index (χ0v) is 12.4. The number of hydrogen-bond acceptors (Lipinski definition) is 4. The molecule has 0 unspecified atom stereocenters. The maximum atomic E-state index is 6.04. The molecule has 0 aliphatic carbocycles. The number of thiazole rings is 1. The number of nitrogens with two attached hydrogens (primary N) is 1. The van der Waals surface area contributed by atoms with Gasteiger partial charge >= 0.3 is 0 Å². The summed E-state index contributed by atoms with van der Waals surface area (Å²) in [6, 6.07) is 0. The zero-order chi connectivity index (χ0) is 13.5. The third-order valence-corrected chi connectivity index (χ3v) is 4.16. The van der Waals surface area contributed by atoms with Gasteiger partial charge in [-0.15, -0.1) is 11.3 Å². The van der Waals surface area contributed by atoms with Crippen LogP contribution >= 0.6 is 11.3 Å². The van der Waals surface area contributed by atoms with E-state index < -0.39 is 0 Å². The molecule has 19 heavy (non-hydrogen) atoms. The fourth-order valence-electron chi connectivity index (χ4n) is 2.15. The van der Waals surface area contributed by atoms with Crippen molar-refractivity contribution >= 4 is 22.4 Å². The fourth-order valence-corrected chi connectivity index (χ4v) is 2.85. The maximum absolute atomic E-state index is 6.04. The van der Waals surface area contributed by atoms with Gasteiger partial charge in [-0.25, -0.2) is 4.98 Å². The topological polar surface area (TPSA) is 57.8 Å². The van der Waals surface area contributed by atoms with E-state index in [4.69, 9.17) is 5.73 Å². The van der Waals surface area contributed by atoms with Crippen molar-refractivity contribution < 1.29 is 0 Å². The number of anilines is 1. The molecule has 2 heterocycles. The zero-order valence-electron chi connectivity index (χ0n) is 11.6. The van der Waals surface area contributed by atoms with E-state index >= 15 is 0 Å². The van der Waals surface area contributed by atoms with Gasteiger partial charge in [-0.05, 0) is 6.42 Å². The molecule has 2 N–H and O–H groups in total. The highest BCUT2D eigenvalue weighted by Gasteiger charge is 2.19. The lowest BCUT2D eigenvalue weighted by molar-refractivity contribution is 0.380. The molecule has 1 aromatic rings. The molecule has 0 atom stereocenters. The van der Waals surface area contributed by atoms with E-state index in [1.165, 1.54) is 12.8 Å². The second kappa shape index (κ2) is 7.33. The fraction of sp³-hybridized carbons (Fsp3) is 0.692. The van der Waals surface area contributed by atoms with Crippen molar-refractivity contribution in [2.24, 2.45) is 10.7 Å². The number of piperazine rings is 1. The highest BCUT2D eigenvalue weighted by atomic mass is 32.1. The van der Waals surface area contributed by atoms with Crippen molar-refractivity contribution in [2.45, 2.75) is 26.2 Å². The third kappa shape index (κ3) is 4.09. The molecular weight excluding hydrogens is 258 g/mol. The number of aromatic nitrogens is 1. The summed E-state index contributed by atoms with van der Waals surface area (Å²) >= 11 is 1.69. The Morgan fingerprint density at radius 2 is 2.16 bits per heavy atom. The van der Waals surface area contributed by atoms with Crippen LogP contribution in [0, 0.1) is 0 Å². The molecule has 5 nitrogen and oxygen atoms in total. The number of unbranched alkanes of at least 4 members (excludes halogenated alkanes) is 2. The Morgan fingerprint density at radius 3 is 2.79 bits per heavy atom. The lowest BCUT2D eigenvalue weighted by atomic mass is 10.2. The standard InChI is InChI=1S/C13H23N5S/c1-2-3-4-5-15-12(14)17-7-9-18(10-8-17)13-16-6-11-19-13/h6,11H,2-5,7-10H2,1H3,(H2,14,15). The smallest absolute Gasteiger partial charge is 0.191 e.